The molecule has 3 heteroatoms. The lowest BCUT2D eigenvalue weighted by molar-refractivity contribution is 0.0541. The van der Waals surface area contributed by atoms with Crippen LogP contribution in [0.3, 0.4) is 0 Å². The zero-order chi connectivity index (χ0) is 14.9. The normalized spacial score (nSPS) is 28.7. The number of rotatable bonds is 3. The summed E-state index contributed by atoms with van der Waals surface area (Å²) in [6.45, 7) is 11.2. The Morgan fingerprint density at radius 1 is 1.33 bits per heavy atom. The number of benzene rings is 1. The highest BCUT2D eigenvalue weighted by Gasteiger charge is 2.35. The number of nitrogens with zero attached hydrogens (tertiary/aromatic N) is 1. The van der Waals surface area contributed by atoms with Crippen molar-refractivity contribution >= 4 is 0 Å². The van der Waals surface area contributed by atoms with Gasteiger partial charge < -0.3 is 10.1 Å². The fourth-order valence-electron chi connectivity index (χ4n) is 3.55. The molecule has 116 valence electrons. The van der Waals surface area contributed by atoms with Crippen LogP contribution in [0.5, 0.6) is 5.75 Å². The van der Waals surface area contributed by atoms with Gasteiger partial charge in [0.25, 0.3) is 0 Å². The molecule has 2 unspecified atom stereocenters. The van der Waals surface area contributed by atoms with E-state index in [0.717, 1.165) is 38.4 Å². The summed E-state index contributed by atoms with van der Waals surface area (Å²) in [5.41, 5.74) is 1.63. The summed E-state index contributed by atoms with van der Waals surface area (Å²) in [7, 11) is 0. The molecular formula is C18H28N2O. The molecule has 3 nitrogen and oxygen atoms in total. The Labute approximate surface area is 128 Å². The Morgan fingerprint density at radius 3 is 2.95 bits per heavy atom. The van der Waals surface area contributed by atoms with Crippen LogP contribution in [0.2, 0.25) is 0 Å². The fraction of sp³-hybridized carbons (Fsp3) is 0.667. The van der Waals surface area contributed by atoms with Gasteiger partial charge in [-0.25, -0.2) is 0 Å². The van der Waals surface area contributed by atoms with E-state index in [9.17, 15) is 0 Å². The summed E-state index contributed by atoms with van der Waals surface area (Å²) in [5.74, 6) is 1.69. The number of para-hydroxylation sites is 1. The van der Waals surface area contributed by atoms with Crippen molar-refractivity contribution in [2.45, 2.75) is 51.1 Å². The van der Waals surface area contributed by atoms with Crippen LogP contribution >= 0.6 is 0 Å². The maximum Gasteiger partial charge on any atom is 0.122 e. The summed E-state index contributed by atoms with van der Waals surface area (Å²) in [4.78, 5) is 2.68. The van der Waals surface area contributed by atoms with Crippen LogP contribution in [0, 0.1) is 0 Å². The van der Waals surface area contributed by atoms with Gasteiger partial charge in [-0.05, 0) is 38.3 Å². The zero-order valence-corrected chi connectivity index (χ0v) is 13.6. The molecule has 1 N–H and O–H groups in total. The van der Waals surface area contributed by atoms with E-state index in [4.69, 9.17) is 4.74 Å². The Bertz CT molecular complexity index is 486. The molecule has 1 aromatic rings. The number of hydrogen-bond acceptors (Lipinski definition) is 3. The van der Waals surface area contributed by atoms with Crippen molar-refractivity contribution in [2.24, 2.45) is 0 Å². The molecule has 0 saturated carbocycles. The second-order valence-corrected chi connectivity index (χ2v) is 7.08. The molecule has 1 aromatic carbocycles. The zero-order valence-electron chi connectivity index (χ0n) is 13.6. The Kier molecular flexibility index (Phi) is 4.23. The van der Waals surface area contributed by atoms with Crippen LogP contribution in [0.1, 0.15) is 45.1 Å². The lowest BCUT2D eigenvalue weighted by Crippen LogP contribution is -2.62. The van der Waals surface area contributed by atoms with Crippen LogP contribution in [0.4, 0.5) is 0 Å². The van der Waals surface area contributed by atoms with Crippen LogP contribution in [0.15, 0.2) is 24.3 Å². The molecule has 2 aliphatic rings. The molecule has 21 heavy (non-hydrogen) atoms. The van der Waals surface area contributed by atoms with E-state index in [0.29, 0.717) is 12.0 Å². The predicted octanol–water partition coefficient (Wildman–Crippen LogP) is 3.02. The number of piperazine rings is 1. The smallest absolute Gasteiger partial charge is 0.122 e. The van der Waals surface area contributed by atoms with Gasteiger partial charge in [0.2, 0.25) is 0 Å². The van der Waals surface area contributed by atoms with Crippen molar-refractivity contribution in [2.75, 3.05) is 26.2 Å². The van der Waals surface area contributed by atoms with Crippen molar-refractivity contribution in [1.29, 1.82) is 0 Å². The number of nitrogens with one attached hydrogen (secondary N) is 1. The van der Waals surface area contributed by atoms with E-state index in [1.165, 1.54) is 12.0 Å². The van der Waals surface area contributed by atoms with Gasteiger partial charge in [-0.15, -0.1) is 0 Å². The molecule has 0 aromatic heterocycles. The molecule has 0 spiro atoms. The number of ether oxygens (including phenoxy) is 1. The van der Waals surface area contributed by atoms with Crippen molar-refractivity contribution in [3.05, 3.63) is 29.8 Å². The topological polar surface area (TPSA) is 24.5 Å². The molecular weight excluding hydrogens is 260 g/mol. The molecule has 3 rings (SSSR count). The van der Waals surface area contributed by atoms with E-state index in [-0.39, 0.29) is 5.54 Å². The second kappa shape index (κ2) is 5.98. The molecule has 2 atom stereocenters. The van der Waals surface area contributed by atoms with Crippen molar-refractivity contribution < 1.29 is 4.74 Å². The largest absolute Gasteiger partial charge is 0.493 e. The highest BCUT2D eigenvalue weighted by molar-refractivity contribution is 5.38. The maximum atomic E-state index is 5.81. The second-order valence-electron chi connectivity index (χ2n) is 7.08. The lowest BCUT2D eigenvalue weighted by Gasteiger charge is -2.47. The standard InChI is InChI=1S/C18H28N2O/c1-4-15-12-20(18(2,3)13-19-15)11-14-9-10-21-17-8-6-5-7-16(14)17/h5-8,14-15,19H,4,9-13H2,1-3H3. The molecule has 0 aliphatic carbocycles. The average molecular weight is 288 g/mol. The third kappa shape index (κ3) is 3.09. The Morgan fingerprint density at radius 2 is 2.14 bits per heavy atom. The predicted molar refractivity (Wildman–Crippen MR) is 87.0 cm³/mol. The van der Waals surface area contributed by atoms with Gasteiger partial charge in [0.15, 0.2) is 0 Å². The third-order valence-corrected chi connectivity index (χ3v) is 5.14. The quantitative estimate of drug-likeness (QED) is 0.925. The molecule has 2 heterocycles. The molecule has 0 radical (unpaired) electrons. The van der Waals surface area contributed by atoms with Crippen LogP contribution in [0.25, 0.3) is 0 Å². The SMILES string of the molecule is CCC1CN(CC2CCOc3ccccc32)C(C)(C)CN1. The summed E-state index contributed by atoms with van der Waals surface area (Å²) in [6, 6.07) is 9.19. The molecule has 2 aliphatic heterocycles. The first kappa shape index (κ1) is 14.9. The highest BCUT2D eigenvalue weighted by Crippen LogP contribution is 2.35. The summed E-state index contributed by atoms with van der Waals surface area (Å²) < 4.78 is 5.81. The molecule has 1 fully saturated rings. The lowest BCUT2D eigenvalue weighted by atomic mass is 9.89. The van der Waals surface area contributed by atoms with E-state index < -0.39 is 0 Å². The van der Waals surface area contributed by atoms with Crippen LogP contribution in [-0.2, 0) is 0 Å². The van der Waals surface area contributed by atoms with Gasteiger partial charge >= 0.3 is 0 Å². The van der Waals surface area contributed by atoms with E-state index >= 15 is 0 Å². The molecule has 1 saturated heterocycles. The van der Waals surface area contributed by atoms with Gasteiger partial charge in [-0.2, -0.15) is 0 Å². The van der Waals surface area contributed by atoms with Gasteiger partial charge in [0.1, 0.15) is 5.75 Å². The minimum Gasteiger partial charge on any atom is -0.493 e. The van der Waals surface area contributed by atoms with Crippen molar-refractivity contribution in [3.63, 3.8) is 0 Å². The fourth-order valence-corrected chi connectivity index (χ4v) is 3.55. The first-order chi connectivity index (χ1) is 10.1. The van der Waals surface area contributed by atoms with Crippen molar-refractivity contribution in [1.82, 2.24) is 10.2 Å². The Balaban J connectivity index is 1.76. The number of hydrogen-bond donors (Lipinski definition) is 1. The first-order valence-corrected chi connectivity index (χ1v) is 8.30. The average Bonchev–Trinajstić information content (AvgIpc) is 2.49. The van der Waals surface area contributed by atoms with E-state index in [1.54, 1.807) is 0 Å². The first-order valence-electron chi connectivity index (χ1n) is 8.30. The molecule has 0 bridgehead atoms. The van der Waals surface area contributed by atoms with Gasteiger partial charge in [0.05, 0.1) is 6.61 Å². The van der Waals surface area contributed by atoms with E-state index in [2.05, 4.69) is 55.3 Å². The summed E-state index contributed by atoms with van der Waals surface area (Å²) in [5, 5.41) is 3.68. The van der Waals surface area contributed by atoms with Crippen molar-refractivity contribution in [3.8, 4) is 5.75 Å². The van der Waals surface area contributed by atoms with Crippen LogP contribution < -0.4 is 10.1 Å². The number of fused-ring (bicyclic) bond motifs is 1. The van der Waals surface area contributed by atoms with Crippen LogP contribution in [-0.4, -0.2) is 42.7 Å². The minimum absolute atomic E-state index is 0.235. The third-order valence-electron chi connectivity index (χ3n) is 5.14. The minimum atomic E-state index is 0.235. The molecule has 0 amide bonds. The van der Waals surface area contributed by atoms with Gasteiger partial charge in [0, 0.05) is 37.1 Å². The summed E-state index contributed by atoms with van der Waals surface area (Å²) >= 11 is 0. The maximum absolute atomic E-state index is 5.81. The Hall–Kier alpha value is -1.06. The highest BCUT2D eigenvalue weighted by atomic mass is 16.5. The summed E-state index contributed by atoms with van der Waals surface area (Å²) in [6.07, 6.45) is 2.34. The van der Waals surface area contributed by atoms with E-state index in [1.807, 2.05) is 0 Å². The van der Waals surface area contributed by atoms with Gasteiger partial charge in [-0.3, -0.25) is 4.90 Å². The monoisotopic (exact) mass is 288 g/mol. The van der Waals surface area contributed by atoms with Gasteiger partial charge in [-0.1, -0.05) is 25.1 Å².